The van der Waals surface area contributed by atoms with Gasteiger partial charge in [-0.15, -0.1) is 0 Å². The molecular weight excluding hydrogens is 286 g/mol. The van der Waals surface area contributed by atoms with E-state index in [9.17, 15) is 13.6 Å². The second-order valence-electron chi connectivity index (χ2n) is 3.73. The lowest BCUT2D eigenvalue weighted by Gasteiger charge is -2.11. The highest BCUT2D eigenvalue weighted by molar-refractivity contribution is 7.99. The second kappa shape index (κ2) is 6.33. The molecule has 1 heterocycles. The number of benzene rings is 1. The smallest absolute Gasteiger partial charge is 0.354 e. The standard InChI is InChI=1S/C13H10F2N2O2S/c14-13(15)20-11-4-2-1-3-9(11)17-8-5-6-16-10(7-8)12(18)19/h1-7,13H,(H,16,17)(H,18,19). The van der Waals surface area contributed by atoms with Gasteiger partial charge >= 0.3 is 5.97 Å². The maximum atomic E-state index is 12.5. The van der Waals surface area contributed by atoms with Crippen LogP contribution in [-0.2, 0) is 0 Å². The number of nitrogens with one attached hydrogen (secondary N) is 1. The normalized spacial score (nSPS) is 10.6. The summed E-state index contributed by atoms with van der Waals surface area (Å²) < 4.78 is 24.9. The molecule has 0 saturated carbocycles. The lowest BCUT2D eigenvalue weighted by molar-refractivity contribution is 0.0690. The van der Waals surface area contributed by atoms with Crippen LogP contribution in [0.4, 0.5) is 20.2 Å². The number of aromatic nitrogens is 1. The Morgan fingerprint density at radius 1 is 1.30 bits per heavy atom. The van der Waals surface area contributed by atoms with Crippen LogP contribution in [-0.4, -0.2) is 21.8 Å². The fourth-order valence-corrected chi connectivity index (χ4v) is 2.14. The molecular formula is C13H10F2N2O2S. The molecule has 0 saturated heterocycles. The lowest BCUT2D eigenvalue weighted by Crippen LogP contribution is -2.01. The molecule has 7 heteroatoms. The highest BCUT2D eigenvalue weighted by Crippen LogP contribution is 2.33. The molecule has 0 radical (unpaired) electrons. The molecule has 0 aliphatic heterocycles. The number of halogens is 2. The highest BCUT2D eigenvalue weighted by atomic mass is 32.2. The first-order valence-corrected chi connectivity index (χ1v) is 6.44. The Kier molecular flexibility index (Phi) is 4.52. The van der Waals surface area contributed by atoms with Crippen LogP contribution < -0.4 is 5.32 Å². The Bertz CT molecular complexity index is 623. The lowest BCUT2D eigenvalue weighted by atomic mass is 10.2. The van der Waals surface area contributed by atoms with E-state index in [1.165, 1.54) is 12.3 Å². The molecule has 1 aromatic heterocycles. The van der Waals surface area contributed by atoms with Crippen molar-refractivity contribution in [2.75, 3.05) is 5.32 Å². The largest absolute Gasteiger partial charge is 0.477 e. The topological polar surface area (TPSA) is 62.2 Å². The summed E-state index contributed by atoms with van der Waals surface area (Å²) >= 11 is 0.427. The zero-order valence-electron chi connectivity index (χ0n) is 10.1. The van der Waals surface area contributed by atoms with E-state index in [0.29, 0.717) is 28.0 Å². The number of anilines is 2. The number of rotatable bonds is 5. The molecule has 0 atom stereocenters. The van der Waals surface area contributed by atoms with Gasteiger partial charge in [0.25, 0.3) is 5.76 Å². The van der Waals surface area contributed by atoms with Crippen molar-refractivity contribution in [3.05, 3.63) is 48.3 Å². The number of hydrogen-bond acceptors (Lipinski definition) is 4. The molecule has 2 N–H and O–H groups in total. The zero-order valence-corrected chi connectivity index (χ0v) is 10.9. The molecule has 104 valence electrons. The van der Waals surface area contributed by atoms with E-state index in [4.69, 9.17) is 5.11 Å². The van der Waals surface area contributed by atoms with E-state index >= 15 is 0 Å². The first-order valence-electron chi connectivity index (χ1n) is 5.56. The third-order valence-electron chi connectivity index (χ3n) is 2.36. The van der Waals surface area contributed by atoms with Crippen molar-refractivity contribution < 1.29 is 18.7 Å². The summed E-state index contributed by atoms with van der Waals surface area (Å²) in [6, 6.07) is 9.48. The molecule has 0 bridgehead atoms. The van der Waals surface area contributed by atoms with Crippen LogP contribution in [0.2, 0.25) is 0 Å². The van der Waals surface area contributed by atoms with Crippen molar-refractivity contribution in [3.8, 4) is 0 Å². The third-order valence-corrected chi connectivity index (χ3v) is 3.15. The Hall–Kier alpha value is -2.15. The van der Waals surface area contributed by atoms with Crippen LogP contribution in [0.15, 0.2) is 47.5 Å². The summed E-state index contributed by atoms with van der Waals surface area (Å²) in [6.07, 6.45) is 1.34. The van der Waals surface area contributed by atoms with Crippen LogP contribution >= 0.6 is 11.8 Å². The van der Waals surface area contributed by atoms with E-state index in [1.807, 2.05) is 0 Å². The number of thioether (sulfide) groups is 1. The molecule has 0 unspecified atom stereocenters. The van der Waals surface area contributed by atoms with Gasteiger partial charge in [0.2, 0.25) is 0 Å². The number of carboxylic acid groups (broad SMARTS) is 1. The van der Waals surface area contributed by atoms with Gasteiger partial charge < -0.3 is 10.4 Å². The summed E-state index contributed by atoms with van der Waals surface area (Å²) in [7, 11) is 0. The van der Waals surface area contributed by atoms with Crippen LogP contribution in [0.3, 0.4) is 0 Å². The summed E-state index contributed by atoms with van der Waals surface area (Å²) in [5, 5.41) is 11.8. The molecule has 0 aliphatic carbocycles. The van der Waals surface area contributed by atoms with Gasteiger partial charge in [-0.3, -0.25) is 0 Å². The van der Waals surface area contributed by atoms with Gasteiger partial charge in [-0.1, -0.05) is 23.9 Å². The monoisotopic (exact) mass is 296 g/mol. The van der Waals surface area contributed by atoms with Crippen molar-refractivity contribution in [2.45, 2.75) is 10.7 Å². The number of hydrogen-bond donors (Lipinski definition) is 2. The fraction of sp³-hybridized carbons (Fsp3) is 0.0769. The minimum Gasteiger partial charge on any atom is -0.477 e. The van der Waals surface area contributed by atoms with Gasteiger partial charge in [0, 0.05) is 16.8 Å². The van der Waals surface area contributed by atoms with Crippen LogP contribution in [0, 0.1) is 0 Å². The van der Waals surface area contributed by atoms with E-state index < -0.39 is 11.7 Å². The van der Waals surface area contributed by atoms with Crippen molar-refractivity contribution >= 4 is 29.1 Å². The number of carbonyl (C=O) groups is 1. The predicted molar refractivity (Wildman–Crippen MR) is 72.8 cm³/mol. The maximum Gasteiger partial charge on any atom is 0.354 e. The average Bonchev–Trinajstić information content (AvgIpc) is 2.41. The van der Waals surface area contributed by atoms with Crippen molar-refractivity contribution in [1.29, 1.82) is 0 Å². The van der Waals surface area contributed by atoms with Gasteiger partial charge in [0.15, 0.2) is 0 Å². The second-order valence-corrected chi connectivity index (χ2v) is 4.77. The molecule has 0 spiro atoms. The van der Waals surface area contributed by atoms with Gasteiger partial charge in [0.05, 0.1) is 5.69 Å². The van der Waals surface area contributed by atoms with E-state index in [1.54, 1.807) is 30.3 Å². The van der Waals surface area contributed by atoms with Crippen LogP contribution in [0.5, 0.6) is 0 Å². The average molecular weight is 296 g/mol. The maximum absolute atomic E-state index is 12.5. The summed E-state index contributed by atoms with van der Waals surface area (Å²) in [4.78, 5) is 14.9. The van der Waals surface area contributed by atoms with E-state index in [0.717, 1.165) is 0 Å². The van der Waals surface area contributed by atoms with Gasteiger partial charge in [-0.2, -0.15) is 8.78 Å². The number of para-hydroxylation sites is 1. The summed E-state index contributed by atoms with van der Waals surface area (Å²) in [6.45, 7) is 0. The SMILES string of the molecule is O=C(O)c1cc(Nc2ccccc2SC(F)F)ccn1. The number of alkyl halides is 2. The Balaban J connectivity index is 2.25. The molecule has 0 fully saturated rings. The first-order chi connectivity index (χ1) is 9.56. The molecule has 0 aliphatic rings. The van der Waals surface area contributed by atoms with Crippen molar-refractivity contribution in [2.24, 2.45) is 0 Å². The van der Waals surface area contributed by atoms with Gasteiger partial charge in [0.1, 0.15) is 5.69 Å². The molecule has 20 heavy (non-hydrogen) atoms. The fourth-order valence-electron chi connectivity index (χ4n) is 1.55. The minimum atomic E-state index is -2.52. The Labute approximate surface area is 117 Å². The quantitative estimate of drug-likeness (QED) is 0.821. The number of carboxylic acids is 1. The highest BCUT2D eigenvalue weighted by Gasteiger charge is 2.10. The molecule has 4 nitrogen and oxygen atoms in total. The summed E-state index contributed by atoms with van der Waals surface area (Å²) in [5.41, 5.74) is 0.842. The number of nitrogens with zero attached hydrogens (tertiary/aromatic N) is 1. The summed E-state index contributed by atoms with van der Waals surface area (Å²) in [5.74, 6) is -3.67. The van der Waals surface area contributed by atoms with Gasteiger partial charge in [-0.25, -0.2) is 9.78 Å². The van der Waals surface area contributed by atoms with Crippen LogP contribution in [0.1, 0.15) is 10.5 Å². The van der Waals surface area contributed by atoms with Crippen LogP contribution in [0.25, 0.3) is 0 Å². The first kappa shape index (κ1) is 14.3. The molecule has 0 amide bonds. The van der Waals surface area contributed by atoms with Crippen molar-refractivity contribution in [3.63, 3.8) is 0 Å². The predicted octanol–water partition coefficient (Wildman–Crippen LogP) is 3.84. The molecule has 2 rings (SSSR count). The minimum absolute atomic E-state index is 0.117. The molecule has 2 aromatic rings. The van der Waals surface area contributed by atoms with Crippen molar-refractivity contribution in [1.82, 2.24) is 4.98 Å². The van der Waals surface area contributed by atoms with E-state index in [-0.39, 0.29) is 5.69 Å². The number of pyridine rings is 1. The zero-order chi connectivity index (χ0) is 14.5. The number of aromatic carboxylic acids is 1. The van der Waals surface area contributed by atoms with Gasteiger partial charge in [-0.05, 0) is 24.3 Å². The Morgan fingerprint density at radius 3 is 2.75 bits per heavy atom. The van der Waals surface area contributed by atoms with E-state index in [2.05, 4.69) is 10.3 Å². The third kappa shape index (κ3) is 3.67. The Morgan fingerprint density at radius 2 is 2.05 bits per heavy atom. The molecule has 1 aromatic carbocycles.